The van der Waals surface area contributed by atoms with E-state index in [1.165, 1.54) is 40.9 Å². The number of nitrogens with zero attached hydrogens (tertiary/aromatic N) is 3. The summed E-state index contributed by atoms with van der Waals surface area (Å²) in [5.74, 6) is -0.802. The van der Waals surface area contributed by atoms with Gasteiger partial charge in [0.1, 0.15) is 0 Å². The number of anilines is 2. The van der Waals surface area contributed by atoms with Gasteiger partial charge in [0.15, 0.2) is 0 Å². The smallest absolute Gasteiger partial charge is 0.272 e. The van der Waals surface area contributed by atoms with E-state index in [0.717, 1.165) is 5.69 Å². The number of carbonyl (C=O) groups excluding carboxylic acids is 2. The molecule has 0 aliphatic carbocycles. The van der Waals surface area contributed by atoms with Crippen LogP contribution in [0.5, 0.6) is 0 Å². The number of hydrogen-bond acceptors (Lipinski definition) is 6. The van der Waals surface area contributed by atoms with Crippen molar-refractivity contribution < 1.29 is 14.5 Å². The van der Waals surface area contributed by atoms with Gasteiger partial charge < -0.3 is 4.90 Å². The van der Waals surface area contributed by atoms with Crippen LogP contribution in [-0.2, 0) is 9.59 Å². The minimum absolute atomic E-state index is 0.0692. The summed E-state index contributed by atoms with van der Waals surface area (Å²) in [5, 5.41) is 11.0. The van der Waals surface area contributed by atoms with Crippen molar-refractivity contribution in [2.24, 2.45) is 0 Å². The molecule has 3 rings (SSSR count). The molecule has 0 unspecified atom stereocenters. The highest BCUT2D eigenvalue weighted by molar-refractivity contribution is 8.04. The van der Waals surface area contributed by atoms with Crippen LogP contribution in [0.1, 0.15) is 19.4 Å². The number of rotatable bonds is 6. The van der Waals surface area contributed by atoms with Gasteiger partial charge in [-0.3, -0.25) is 19.7 Å². The first-order chi connectivity index (χ1) is 13.7. The molecule has 2 aromatic rings. The standard InChI is InChI=1S/C21H21N3O4S/c1-13(2)29-19-18(14-5-7-17(8-6-14)24(27)28)20(25)23(21(19)26)16-11-9-15(10-12-16)22(3)4/h5-13H,1-4H3. The molecule has 0 radical (unpaired) electrons. The van der Waals surface area contributed by atoms with E-state index in [-0.39, 0.29) is 22.4 Å². The highest BCUT2D eigenvalue weighted by Crippen LogP contribution is 2.40. The van der Waals surface area contributed by atoms with E-state index in [4.69, 9.17) is 0 Å². The van der Waals surface area contributed by atoms with Crippen molar-refractivity contribution in [3.05, 3.63) is 69.1 Å². The number of nitro benzene ring substituents is 1. The average molecular weight is 411 g/mol. The number of hydrogen-bond donors (Lipinski definition) is 0. The van der Waals surface area contributed by atoms with Crippen LogP contribution in [0.15, 0.2) is 53.4 Å². The Kier molecular flexibility index (Phi) is 5.74. The molecule has 1 heterocycles. The summed E-state index contributed by atoms with van der Waals surface area (Å²) in [5.41, 5.74) is 2.14. The summed E-state index contributed by atoms with van der Waals surface area (Å²) < 4.78 is 0. The second-order valence-corrected chi connectivity index (χ2v) is 8.62. The first-order valence-corrected chi connectivity index (χ1v) is 9.90. The average Bonchev–Trinajstić information content (AvgIpc) is 2.91. The van der Waals surface area contributed by atoms with Gasteiger partial charge in [0, 0.05) is 37.2 Å². The van der Waals surface area contributed by atoms with Crippen LogP contribution >= 0.6 is 11.8 Å². The molecule has 0 saturated heterocycles. The maximum Gasteiger partial charge on any atom is 0.272 e. The molecule has 2 amide bonds. The molecule has 0 aromatic heterocycles. The van der Waals surface area contributed by atoms with E-state index < -0.39 is 10.8 Å². The predicted molar refractivity (Wildman–Crippen MR) is 116 cm³/mol. The van der Waals surface area contributed by atoms with Crippen LogP contribution in [0.3, 0.4) is 0 Å². The van der Waals surface area contributed by atoms with E-state index in [1.54, 1.807) is 12.1 Å². The first kappa shape index (κ1) is 20.6. The molecule has 7 nitrogen and oxygen atoms in total. The molecule has 1 aliphatic rings. The minimum atomic E-state index is -0.498. The number of benzene rings is 2. The molecular weight excluding hydrogens is 390 g/mol. The minimum Gasteiger partial charge on any atom is -0.378 e. The van der Waals surface area contributed by atoms with Gasteiger partial charge in [0.25, 0.3) is 17.5 Å². The largest absolute Gasteiger partial charge is 0.378 e. The summed E-state index contributed by atoms with van der Waals surface area (Å²) in [4.78, 5) is 40.3. The number of carbonyl (C=O) groups is 2. The van der Waals surface area contributed by atoms with E-state index in [2.05, 4.69) is 0 Å². The molecule has 0 spiro atoms. The van der Waals surface area contributed by atoms with Gasteiger partial charge in [-0.2, -0.15) is 0 Å². The molecule has 150 valence electrons. The summed E-state index contributed by atoms with van der Waals surface area (Å²) in [6.07, 6.45) is 0. The lowest BCUT2D eigenvalue weighted by atomic mass is 10.1. The Morgan fingerprint density at radius 2 is 1.55 bits per heavy atom. The molecule has 0 atom stereocenters. The van der Waals surface area contributed by atoms with Crippen molar-refractivity contribution in [1.82, 2.24) is 0 Å². The van der Waals surface area contributed by atoms with E-state index >= 15 is 0 Å². The van der Waals surface area contributed by atoms with E-state index in [0.29, 0.717) is 16.2 Å². The van der Waals surface area contributed by atoms with Crippen LogP contribution in [0, 0.1) is 10.1 Å². The molecule has 2 aromatic carbocycles. The van der Waals surface area contributed by atoms with Crippen LogP contribution < -0.4 is 9.80 Å². The van der Waals surface area contributed by atoms with E-state index in [1.807, 2.05) is 45.0 Å². The van der Waals surface area contributed by atoms with Crippen LogP contribution in [-0.4, -0.2) is 36.1 Å². The van der Waals surface area contributed by atoms with Crippen molar-refractivity contribution in [3.8, 4) is 0 Å². The number of thioether (sulfide) groups is 1. The third-order valence-corrected chi connectivity index (χ3v) is 5.47. The van der Waals surface area contributed by atoms with Crippen LogP contribution in [0.4, 0.5) is 17.1 Å². The van der Waals surface area contributed by atoms with Gasteiger partial charge in [0.05, 0.1) is 21.1 Å². The Balaban J connectivity index is 2.04. The molecule has 1 aliphatic heterocycles. The maximum atomic E-state index is 13.2. The third-order valence-electron chi connectivity index (χ3n) is 4.39. The predicted octanol–water partition coefficient (Wildman–Crippen LogP) is 4.09. The highest BCUT2D eigenvalue weighted by Gasteiger charge is 2.40. The number of amides is 2. The maximum absolute atomic E-state index is 13.2. The van der Waals surface area contributed by atoms with Crippen molar-refractivity contribution in [1.29, 1.82) is 0 Å². The fourth-order valence-electron chi connectivity index (χ4n) is 2.99. The van der Waals surface area contributed by atoms with Gasteiger partial charge in [-0.25, -0.2) is 4.90 Å². The number of nitro groups is 1. The lowest BCUT2D eigenvalue weighted by Crippen LogP contribution is -2.31. The summed E-state index contributed by atoms with van der Waals surface area (Å²) in [6.45, 7) is 3.88. The highest BCUT2D eigenvalue weighted by atomic mass is 32.2. The van der Waals surface area contributed by atoms with E-state index in [9.17, 15) is 19.7 Å². The monoisotopic (exact) mass is 411 g/mol. The summed E-state index contributed by atoms with van der Waals surface area (Å²) in [6, 6.07) is 12.9. The zero-order chi connectivity index (χ0) is 21.3. The zero-order valence-electron chi connectivity index (χ0n) is 16.6. The van der Waals surface area contributed by atoms with Crippen molar-refractivity contribution in [3.63, 3.8) is 0 Å². The zero-order valence-corrected chi connectivity index (χ0v) is 17.4. The molecule has 8 heteroatoms. The first-order valence-electron chi connectivity index (χ1n) is 9.02. The van der Waals surface area contributed by atoms with Crippen molar-refractivity contribution >= 4 is 46.2 Å². The molecule has 0 fully saturated rings. The Morgan fingerprint density at radius 1 is 0.966 bits per heavy atom. The third kappa shape index (κ3) is 4.02. The second kappa shape index (κ2) is 8.08. The number of imide groups is 1. The normalized spacial score (nSPS) is 14.2. The Hall–Kier alpha value is -3.13. The molecule has 0 saturated carbocycles. The number of non-ortho nitro benzene ring substituents is 1. The van der Waals surface area contributed by atoms with Crippen molar-refractivity contribution in [2.75, 3.05) is 23.9 Å². The van der Waals surface area contributed by atoms with Crippen LogP contribution in [0.25, 0.3) is 5.57 Å². The van der Waals surface area contributed by atoms with Crippen molar-refractivity contribution in [2.45, 2.75) is 19.1 Å². The van der Waals surface area contributed by atoms with Gasteiger partial charge >= 0.3 is 0 Å². The summed E-state index contributed by atoms with van der Waals surface area (Å²) in [7, 11) is 3.82. The molecule has 0 bridgehead atoms. The molecular formula is C21H21N3O4S. The second-order valence-electron chi connectivity index (χ2n) is 7.03. The Morgan fingerprint density at radius 3 is 2.03 bits per heavy atom. The van der Waals surface area contributed by atoms with Gasteiger partial charge in [-0.15, -0.1) is 11.8 Å². The fourth-order valence-corrected chi connectivity index (χ4v) is 3.98. The van der Waals surface area contributed by atoms with Crippen LogP contribution in [0.2, 0.25) is 0 Å². The molecule has 29 heavy (non-hydrogen) atoms. The van der Waals surface area contributed by atoms with Gasteiger partial charge in [0.2, 0.25) is 0 Å². The molecule has 0 N–H and O–H groups in total. The van der Waals surface area contributed by atoms with Gasteiger partial charge in [-0.05, 0) is 42.0 Å². The topological polar surface area (TPSA) is 83.8 Å². The van der Waals surface area contributed by atoms with Gasteiger partial charge in [-0.1, -0.05) is 13.8 Å². The summed E-state index contributed by atoms with van der Waals surface area (Å²) >= 11 is 1.32. The fraction of sp³-hybridized carbons (Fsp3) is 0.238. The Labute approximate surface area is 173 Å². The lowest BCUT2D eigenvalue weighted by molar-refractivity contribution is -0.384. The lowest BCUT2D eigenvalue weighted by Gasteiger charge is -2.18. The SMILES string of the molecule is CC(C)SC1=C(c2ccc([N+](=O)[O-])cc2)C(=O)N(c2ccc(N(C)C)cc2)C1=O. The Bertz CT molecular complexity index is 996. The quantitative estimate of drug-likeness (QED) is 0.404.